The number of pyridine rings is 2. The van der Waals surface area contributed by atoms with Crippen LogP contribution in [0.25, 0.3) is 10.9 Å². The summed E-state index contributed by atoms with van der Waals surface area (Å²) in [6.45, 7) is 3.00. The molecule has 1 saturated heterocycles. The lowest BCUT2D eigenvalue weighted by atomic mass is 9.93. The fourth-order valence-electron chi connectivity index (χ4n) is 4.20. The van der Waals surface area contributed by atoms with Gasteiger partial charge in [-0.1, -0.05) is 0 Å². The van der Waals surface area contributed by atoms with Crippen LogP contribution in [-0.2, 0) is 4.74 Å². The summed E-state index contributed by atoms with van der Waals surface area (Å²) < 4.78 is 27.8. The Hall–Kier alpha value is -2.26. The number of halogens is 2. The first kappa shape index (κ1) is 19.7. The van der Waals surface area contributed by atoms with Crippen LogP contribution >= 0.6 is 15.9 Å². The highest BCUT2D eigenvalue weighted by atomic mass is 79.9. The fourth-order valence-corrected chi connectivity index (χ4v) is 4.53. The van der Waals surface area contributed by atoms with Gasteiger partial charge in [0.25, 0.3) is 0 Å². The Bertz CT molecular complexity index is 1030. The smallest absolute Gasteiger partial charge is 0.225 e. The summed E-state index contributed by atoms with van der Waals surface area (Å²) in [5.41, 5.74) is 0.866. The SMILES string of the molecule is Fc1cnn([C@H]2CC[C@@H](Oc3nc(N4CCOCC4)cc4ncc(Br)cc34)CC2)c1. The lowest BCUT2D eigenvalue weighted by molar-refractivity contribution is 0.120. The molecule has 0 aromatic carbocycles. The van der Waals surface area contributed by atoms with Gasteiger partial charge in [-0.2, -0.15) is 10.1 Å². The molecule has 1 aliphatic carbocycles. The van der Waals surface area contributed by atoms with E-state index in [0.717, 1.165) is 60.0 Å². The predicted molar refractivity (Wildman–Crippen MR) is 114 cm³/mol. The van der Waals surface area contributed by atoms with Crippen molar-refractivity contribution in [1.29, 1.82) is 0 Å². The van der Waals surface area contributed by atoms with Gasteiger partial charge in [0, 0.05) is 29.8 Å². The molecule has 0 amide bonds. The third-order valence-corrected chi connectivity index (χ3v) is 6.23. The van der Waals surface area contributed by atoms with Crippen LogP contribution in [0.1, 0.15) is 31.7 Å². The molecule has 2 fully saturated rings. The molecule has 0 unspecified atom stereocenters. The molecule has 4 heterocycles. The first-order valence-electron chi connectivity index (χ1n) is 10.3. The first-order chi connectivity index (χ1) is 14.7. The van der Waals surface area contributed by atoms with E-state index in [2.05, 4.69) is 30.9 Å². The monoisotopic (exact) mass is 475 g/mol. The van der Waals surface area contributed by atoms with E-state index in [1.165, 1.54) is 12.4 Å². The largest absolute Gasteiger partial charge is 0.474 e. The second-order valence-corrected chi connectivity index (χ2v) is 8.71. The summed E-state index contributed by atoms with van der Waals surface area (Å²) in [6.07, 6.45) is 8.14. The molecule has 2 aliphatic rings. The van der Waals surface area contributed by atoms with E-state index in [-0.39, 0.29) is 18.0 Å². The Balaban J connectivity index is 1.37. The standard InChI is InChI=1S/C21H23BrFN5O2/c22-14-9-18-19(24-11-14)10-20(27-5-7-29-8-6-27)26-21(18)30-17-3-1-16(2-4-17)28-13-15(23)12-25-28/h9-13,16-17H,1-8H2/t16-,17+. The van der Waals surface area contributed by atoms with Crippen molar-refractivity contribution >= 4 is 32.7 Å². The number of anilines is 1. The van der Waals surface area contributed by atoms with Crippen molar-refractivity contribution in [1.82, 2.24) is 19.7 Å². The summed E-state index contributed by atoms with van der Waals surface area (Å²) in [4.78, 5) is 11.6. The average molecular weight is 476 g/mol. The van der Waals surface area contributed by atoms with Gasteiger partial charge in [-0.05, 0) is 47.7 Å². The van der Waals surface area contributed by atoms with Gasteiger partial charge in [0.2, 0.25) is 5.88 Å². The maximum atomic E-state index is 13.3. The fraction of sp³-hybridized carbons (Fsp3) is 0.476. The maximum absolute atomic E-state index is 13.3. The van der Waals surface area contributed by atoms with Gasteiger partial charge in [-0.15, -0.1) is 0 Å². The predicted octanol–water partition coefficient (Wildman–Crippen LogP) is 4.13. The van der Waals surface area contributed by atoms with Crippen LogP contribution in [0.2, 0.25) is 0 Å². The van der Waals surface area contributed by atoms with Crippen molar-refractivity contribution in [2.24, 2.45) is 0 Å². The molecule has 0 radical (unpaired) electrons. The summed E-state index contributed by atoms with van der Waals surface area (Å²) in [7, 11) is 0. The molecule has 0 atom stereocenters. The van der Waals surface area contributed by atoms with E-state index in [1.54, 1.807) is 10.9 Å². The number of aromatic nitrogens is 4. The second kappa shape index (κ2) is 8.47. The van der Waals surface area contributed by atoms with Crippen molar-refractivity contribution in [2.75, 3.05) is 31.2 Å². The maximum Gasteiger partial charge on any atom is 0.225 e. The molecule has 1 saturated carbocycles. The number of ether oxygens (including phenoxy) is 2. The summed E-state index contributed by atoms with van der Waals surface area (Å²) in [6, 6.07) is 4.24. The van der Waals surface area contributed by atoms with Crippen molar-refractivity contribution in [3.63, 3.8) is 0 Å². The molecular formula is C21H23BrFN5O2. The number of hydrogen-bond donors (Lipinski definition) is 0. The highest BCUT2D eigenvalue weighted by Gasteiger charge is 2.26. The van der Waals surface area contributed by atoms with E-state index in [9.17, 15) is 4.39 Å². The van der Waals surface area contributed by atoms with Crippen LogP contribution in [-0.4, -0.2) is 52.2 Å². The van der Waals surface area contributed by atoms with Crippen LogP contribution in [0.3, 0.4) is 0 Å². The Morgan fingerprint density at radius 3 is 2.63 bits per heavy atom. The van der Waals surface area contributed by atoms with Gasteiger partial charge < -0.3 is 14.4 Å². The van der Waals surface area contributed by atoms with Crippen molar-refractivity contribution in [3.05, 3.63) is 41.0 Å². The van der Waals surface area contributed by atoms with Gasteiger partial charge in [-0.3, -0.25) is 9.67 Å². The number of fused-ring (bicyclic) bond motifs is 1. The number of nitrogens with zero attached hydrogens (tertiary/aromatic N) is 5. The number of hydrogen-bond acceptors (Lipinski definition) is 6. The van der Waals surface area contributed by atoms with E-state index in [0.29, 0.717) is 19.1 Å². The summed E-state index contributed by atoms with van der Waals surface area (Å²) in [5.74, 6) is 1.20. The van der Waals surface area contributed by atoms with Gasteiger partial charge >= 0.3 is 0 Å². The topological polar surface area (TPSA) is 65.3 Å². The van der Waals surface area contributed by atoms with Crippen molar-refractivity contribution < 1.29 is 13.9 Å². The molecule has 1 aliphatic heterocycles. The second-order valence-electron chi connectivity index (χ2n) is 7.79. The normalized spacial score (nSPS) is 22.4. The van der Waals surface area contributed by atoms with E-state index in [4.69, 9.17) is 14.5 Å². The van der Waals surface area contributed by atoms with Gasteiger partial charge in [0.1, 0.15) is 11.9 Å². The lowest BCUT2D eigenvalue weighted by Crippen LogP contribution is -2.36. The first-order valence-corrected chi connectivity index (χ1v) is 11.1. The molecule has 7 nitrogen and oxygen atoms in total. The molecule has 0 bridgehead atoms. The highest BCUT2D eigenvalue weighted by molar-refractivity contribution is 9.10. The van der Waals surface area contributed by atoms with Gasteiger partial charge in [0.15, 0.2) is 5.82 Å². The molecule has 0 N–H and O–H groups in total. The van der Waals surface area contributed by atoms with Crippen LogP contribution in [0.4, 0.5) is 10.2 Å². The molecule has 3 aromatic heterocycles. The van der Waals surface area contributed by atoms with Gasteiger partial charge in [-0.25, -0.2) is 4.39 Å². The molecular weight excluding hydrogens is 453 g/mol. The van der Waals surface area contributed by atoms with Gasteiger partial charge in [0.05, 0.1) is 42.6 Å². The zero-order valence-corrected chi connectivity index (χ0v) is 18.1. The summed E-state index contributed by atoms with van der Waals surface area (Å²) >= 11 is 3.51. The molecule has 5 rings (SSSR count). The van der Waals surface area contributed by atoms with E-state index in [1.807, 2.05) is 12.1 Å². The van der Waals surface area contributed by atoms with Crippen LogP contribution in [0, 0.1) is 5.82 Å². The molecule has 9 heteroatoms. The van der Waals surface area contributed by atoms with Crippen LogP contribution in [0.5, 0.6) is 5.88 Å². The van der Waals surface area contributed by atoms with Crippen LogP contribution < -0.4 is 9.64 Å². The summed E-state index contributed by atoms with van der Waals surface area (Å²) in [5, 5.41) is 5.02. The lowest BCUT2D eigenvalue weighted by Gasteiger charge is -2.30. The van der Waals surface area contributed by atoms with Crippen LogP contribution in [0.15, 0.2) is 35.2 Å². The van der Waals surface area contributed by atoms with E-state index < -0.39 is 0 Å². The highest BCUT2D eigenvalue weighted by Crippen LogP contribution is 2.34. The average Bonchev–Trinajstić information content (AvgIpc) is 3.21. The minimum Gasteiger partial charge on any atom is -0.474 e. The Morgan fingerprint density at radius 1 is 1.10 bits per heavy atom. The molecule has 30 heavy (non-hydrogen) atoms. The molecule has 3 aromatic rings. The van der Waals surface area contributed by atoms with E-state index >= 15 is 0 Å². The number of morpholine rings is 1. The Kier molecular flexibility index (Phi) is 5.56. The zero-order chi connectivity index (χ0) is 20.5. The third kappa shape index (κ3) is 4.13. The molecule has 158 valence electrons. The van der Waals surface area contributed by atoms with Crippen molar-refractivity contribution in [3.8, 4) is 5.88 Å². The Morgan fingerprint density at radius 2 is 1.90 bits per heavy atom. The molecule has 0 spiro atoms. The number of rotatable bonds is 4. The minimum absolute atomic E-state index is 0.0660. The Labute approximate surface area is 182 Å². The third-order valence-electron chi connectivity index (χ3n) is 5.80. The zero-order valence-electron chi connectivity index (χ0n) is 16.5. The minimum atomic E-state index is -0.290. The van der Waals surface area contributed by atoms with Crippen molar-refractivity contribution in [2.45, 2.75) is 37.8 Å². The quantitative estimate of drug-likeness (QED) is 0.565.